The minimum atomic E-state index is 1.30. The third-order valence-corrected chi connectivity index (χ3v) is 2.47. The van der Waals surface area contributed by atoms with Crippen molar-refractivity contribution in [2.45, 2.75) is 13.8 Å². The van der Waals surface area contributed by atoms with Gasteiger partial charge in [-0.1, -0.05) is 0 Å². The van der Waals surface area contributed by atoms with E-state index in [1.54, 1.807) is 0 Å². The molecule has 2 rings (SSSR count). The van der Waals surface area contributed by atoms with Gasteiger partial charge in [0.1, 0.15) is 0 Å². The summed E-state index contributed by atoms with van der Waals surface area (Å²) in [6.45, 7) is 6.44. The second kappa shape index (κ2) is 3.79. The van der Waals surface area contributed by atoms with Gasteiger partial charge in [-0.15, -0.1) is 0 Å². The number of hydrogen-bond donors (Lipinski definition) is 0. The molecular weight excluding hydrogens is 167 g/mol. The normalized spacial score (nSPS) is 9.86. The van der Waals surface area contributed by atoms with Crippen LogP contribution < -0.4 is 0 Å². The van der Waals surface area contributed by atoms with Crippen LogP contribution in [0.3, 0.4) is 0 Å². The van der Waals surface area contributed by atoms with Crippen LogP contribution in [0.4, 0.5) is 0 Å². The summed E-state index contributed by atoms with van der Waals surface area (Å²) in [5.74, 6) is 2.08. The molecule has 0 unspecified atom stereocenters. The summed E-state index contributed by atoms with van der Waals surface area (Å²) in [6.07, 6.45) is 0. The molecule has 1 aromatic heterocycles. The maximum atomic E-state index is 2.22. The fraction of sp³-hybridized carbons (Fsp3) is 0.154. The van der Waals surface area contributed by atoms with E-state index in [2.05, 4.69) is 57.1 Å². The number of hydrogen-bond acceptors (Lipinski definition) is 0. The predicted octanol–water partition coefficient (Wildman–Crippen LogP) is 3.31. The van der Waals surface area contributed by atoms with Crippen molar-refractivity contribution in [3.63, 3.8) is 0 Å². The van der Waals surface area contributed by atoms with Crippen LogP contribution in [0.5, 0.6) is 0 Å². The van der Waals surface area contributed by atoms with Crippen molar-refractivity contribution in [1.82, 2.24) is 0 Å². The summed E-state index contributed by atoms with van der Waals surface area (Å²) in [5, 5.41) is 0. The molecule has 0 aliphatic carbocycles. The molecule has 0 aliphatic heterocycles. The molecule has 1 heterocycles. The monoisotopic (exact) mass is 180 g/mol. The van der Waals surface area contributed by atoms with Crippen molar-refractivity contribution in [1.29, 1.82) is 0 Å². The van der Waals surface area contributed by atoms with E-state index in [1.165, 1.54) is 22.1 Å². The molecule has 0 spiro atoms. The Labute approximate surface area is 85.8 Å². The van der Waals surface area contributed by atoms with Gasteiger partial charge in [0.2, 0.25) is 0 Å². The molecule has 68 valence electrons. The Kier molecular flexibility index (Phi) is 2.49. The molecule has 2 aromatic rings. The maximum absolute atomic E-state index is 2.22. The van der Waals surface area contributed by atoms with E-state index in [9.17, 15) is 0 Å². The van der Waals surface area contributed by atoms with Gasteiger partial charge in [0.15, 0.2) is 0 Å². The van der Waals surface area contributed by atoms with Gasteiger partial charge in [-0.25, -0.2) is 0 Å². The molecule has 0 aliphatic rings. The standard InChI is InChI=1S/C13H13B/c1-10-6-7-12(11(2)9-10)13-5-3-4-8-14-13/h3-9H,1-2H3. The number of aryl methyl sites for hydroxylation is 2. The zero-order chi connectivity index (χ0) is 9.97. The van der Waals surface area contributed by atoms with E-state index >= 15 is 0 Å². The first-order valence-corrected chi connectivity index (χ1v) is 4.90. The van der Waals surface area contributed by atoms with Crippen LogP contribution >= 0.6 is 0 Å². The van der Waals surface area contributed by atoms with Crippen molar-refractivity contribution >= 4 is 6.91 Å². The van der Waals surface area contributed by atoms with E-state index < -0.39 is 0 Å². The molecule has 0 amide bonds. The molecule has 1 heteroatoms. The van der Waals surface area contributed by atoms with Crippen molar-refractivity contribution in [2.75, 3.05) is 0 Å². The Morgan fingerprint density at radius 2 is 1.86 bits per heavy atom. The fourth-order valence-corrected chi connectivity index (χ4v) is 1.76. The summed E-state index contributed by atoms with van der Waals surface area (Å²) in [5.41, 5.74) is 5.29. The van der Waals surface area contributed by atoms with E-state index in [1.807, 2.05) is 6.07 Å². The van der Waals surface area contributed by atoms with Gasteiger partial charge in [-0.05, 0) is 0 Å². The minimum absolute atomic E-state index is 1.30. The Morgan fingerprint density at radius 1 is 1.00 bits per heavy atom. The molecule has 0 N–H and O–H groups in total. The van der Waals surface area contributed by atoms with Gasteiger partial charge in [0, 0.05) is 0 Å². The van der Waals surface area contributed by atoms with Crippen molar-refractivity contribution in [2.24, 2.45) is 0 Å². The van der Waals surface area contributed by atoms with Crippen LogP contribution in [0.1, 0.15) is 11.1 Å². The number of benzene rings is 1. The molecule has 0 fully saturated rings. The fourth-order valence-electron chi connectivity index (χ4n) is 1.76. The molecule has 0 atom stereocenters. The Morgan fingerprint density at radius 3 is 2.50 bits per heavy atom. The van der Waals surface area contributed by atoms with Gasteiger partial charge in [0.25, 0.3) is 0 Å². The SMILES string of the molecule is Cc1ccc(-c2bcccc2)c(C)c1. The van der Waals surface area contributed by atoms with E-state index in [0.29, 0.717) is 0 Å². The van der Waals surface area contributed by atoms with Gasteiger partial charge in [-0.2, -0.15) is 0 Å². The van der Waals surface area contributed by atoms with Crippen LogP contribution in [0.15, 0.2) is 42.4 Å². The van der Waals surface area contributed by atoms with Gasteiger partial charge in [-0.3, -0.25) is 0 Å². The Balaban J connectivity index is 2.53. The molecule has 14 heavy (non-hydrogen) atoms. The Hall–Kier alpha value is -1.37. The zero-order valence-electron chi connectivity index (χ0n) is 8.62. The van der Waals surface area contributed by atoms with Gasteiger partial charge >= 0.3 is 85.3 Å². The molecule has 0 radical (unpaired) electrons. The molecule has 0 saturated carbocycles. The molecular formula is C13H13B. The summed E-state index contributed by atoms with van der Waals surface area (Å²) in [6, 6.07) is 12.9. The van der Waals surface area contributed by atoms with Crippen LogP contribution in [0.2, 0.25) is 0 Å². The van der Waals surface area contributed by atoms with Crippen molar-refractivity contribution in [3.05, 3.63) is 53.5 Å². The van der Waals surface area contributed by atoms with Crippen LogP contribution in [0, 0.1) is 13.8 Å². The average Bonchev–Trinajstić information content (AvgIpc) is 2.19. The third-order valence-electron chi connectivity index (χ3n) is 2.47. The zero-order valence-corrected chi connectivity index (χ0v) is 8.62. The van der Waals surface area contributed by atoms with E-state index in [0.717, 1.165) is 0 Å². The van der Waals surface area contributed by atoms with E-state index in [-0.39, 0.29) is 0 Å². The average molecular weight is 180 g/mol. The summed E-state index contributed by atoms with van der Waals surface area (Å²) in [4.78, 5) is 0. The summed E-state index contributed by atoms with van der Waals surface area (Å²) < 4.78 is 0. The Bertz CT molecular complexity index is 432. The van der Waals surface area contributed by atoms with Gasteiger partial charge < -0.3 is 0 Å². The van der Waals surface area contributed by atoms with Crippen molar-refractivity contribution < 1.29 is 0 Å². The number of rotatable bonds is 1. The van der Waals surface area contributed by atoms with Crippen LogP contribution in [-0.4, -0.2) is 6.91 Å². The topological polar surface area (TPSA) is 0 Å². The third kappa shape index (κ3) is 1.77. The summed E-state index contributed by atoms with van der Waals surface area (Å²) in [7, 11) is 0. The molecule has 0 bridgehead atoms. The first-order chi connectivity index (χ1) is 6.77. The van der Waals surface area contributed by atoms with Crippen LogP contribution in [0.25, 0.3) is 11.0 Å². The molecule has 0 nitrogen and oxygen atoms in total. The van der Waals surface area contributed by atoms with Crippen LogP contribution in [-0.2, 0) is 0 Å². The molecule has 1 aromatic carbocycles. The van der Waals surface area contributed by atoms with Crippen molar-refractivity contribution in [3.8, 4) is 11.0 Å². The predicted molar refractivity (Wildman–Crippen MR) is 62.7 cm³/mol. The molecule has 0 saturated heterocycles. The van der Waals surface area contributed by atoms with Gasteiger partial charge in [0.05, 0.1) is 0 Å². The quantitative estimate of drug-likeness (QED) is 0.631. The second-order valence-corrected chi connectivity index (χ2v) is 3.68. The first kappa shape index (κ1) is 9.20. The summed E-state index contributed by atoms with van der Waals surface area (Å²) >= 11 is 0. The van der Waals surface area contributed by atoms with E-state index in [4.69, 9.17) is 0 Å². The second-order valence-electron chi connectivity index (χ2n) is 3.68. The first-order valence-electron chi connectivity index (χ1n) is 4.90.